The van der Waals surface area contributed by atoms with Crippen LogP contribution < -0.4 is 5.56 Å². The third-order valence-corrected chi connectivity index (χ3v) is 4.11. The van der Waals surface area contributed by atoms with E-state index in [0.717, 1.165) is 27.1 Å². The lowest BCUT2D eigenvalue weighted by molar-refractivity contribution is 0.638. The minimum Gasteiger partial charge on any atom is -0.331 e. The first kappa shape index (κ1) is 11.3. The summed E-state index contributed by atoms with van der Waals surface area (Å²) >= 11 is 2.23. The van der Waals surface area contributed by atoms with Crippen LogP contribution in [0.1, 0.15) is 19.8 Å². The van der Waals surface area contributed by atoms with E-state index < -0.39 is 0 Å². The van der Waals surface area contributed by atoms with E-state index >= 15 is 0 Å². The summed E-state index contributed by atoms with van der Waals surface area (Å²) in [5, 5.41) is 0.774. The molecule has 1 fully saturated rings. The van der Waals surface area contributed by atoms with Gasteiger partial charge >= 0.3 is 0 Å². The molecule has 0 atom stereocenters. The summed E-state index contributed by atoms with van der Waals surface area (Å²) in [6.07, 6.45) is 6.33. The van der Waals surface area contributed by atoms with Gasteiger partial charge in [0.25, 0.3) is 5.56 Å². The lowest BCUT2D eigenvalue weighted by Crippen LogP contribution is -2.20. The van der Waals surface area contributed by atoms with Crippen LogP contribution >= 0.6 is 22.6 Å². The molecule has 17 heavy (non-hydrogen) atoms. The van der Waals surface area contributed by atoms with Crippen LogP contribution in [-0.4, -0.2) is 14.1 Å². The van der Waals surface area contributed by atoms with E-state index in [9.17, 15) is 4.79 Å². The molecule has 5 heteroatoms. The van der Waals surface area contributed by atoms with Gasteiger partial charge in [0.2, 0.25) is 0 Å². The number of hydrogen-bond acceptors (Lipinski definition) is 2. The van der Waals surface area contributed by atoms with Gasteiger partial charge in [-0.25, -0.2) is 4.98 Å². The first-order valence-corrected chi connectivity index (χ1v) is 7.02. The van der Waals surface area contributed by atoms with E-state index in [2.05, 4.69) is 38.3 Å². The first-order chi connectivity index (χ1) is 8.20. The molecule has 0 amide bonds. The van der Waals surface area contributed by atoms with Gasteiger partial charge in [-0.3, -0.25) is 9.36 Å². The minimum absolute atomic E-state index is 0.0800. The second-order valence-corrected chi connectivity index (χ2v) is 5.77. The first-order valence-electron chi connectivity index (χ1n) is 5.94. The number of fused-ring (bicyclic) bond motifs is 1. The largest absolute Gasteiger partial charge is 0.331 e. The molecule has 3 rings (SSSR count). The Morgan fingerprint density at radius 2 is 2.24 bits per heavy atom. The highest BCUT2D eigenvalue weighted by molar-refractivity contribution is 14.1. The van der Waals surface area contributed by atoms with Crippen molar-refractivity contribution in [2.75, 3.05) is 0 Å². The molecule has 2 aromatic heterocycles. The van der Waals surface area contributed by atoms with Crippen molar-refractivity contribution in [3.05, 3.63) is 26.4 Å². The number of aromatic nitrogens is 3. The van der Waals surface area contributed by atoms with Crippen LogP contribution in [0.4, 0.5) is 0 Å². The van der Waals surface area contributed by atoms with Crippen LogP contribution in [0.15, 0.2) is 17.3 Å². The molecule has 2 heterocycles. The highest BCUT2D eigenvalue weighted by atomic mass is 127. The van der Waals surface area contributed by atoms with Crippen LogP contribution in [0.5, 0.6) is 0 Å². The maximum absolute atomic E-state index is 12.2. The standard InChI is InChI=1S/C12H14IN3O/c1-2-15-7-14-11-10(12(15)17)9(13)6-16(11)5-8-3-4-8/h6-8H,2-5H2,1H3. The smallest absolute Gasteiger partial charge is 0.263 e. The van der Waals surface area contributed by atoms with Crippen LogP contribution in [0, 0.1) is 9.49 Å². The zero-order valence-electron chi connectivity index (χ0n) is 9.69. The summed E-state index contributed by atoms with van der Waals surface area (Å²) in [5.74, 6) is 0.789. The predicted molar refractivity (Wildman–Crippen MR) is 75.1 cm³/mol. The van der Waals surface area contributed by atoms with Crippen molar-refractivity contribution in [3.8, 4) is 0 Å². The van der Waals surface area contributed by atoms with Gasteiger partial charge in [0.05, 0.1) is 11.7 Å². The Morgan fingerprint density at radius 1 is 1.47 bits per heavy atom. The Bertz CT molecular complexity index is 624. The quantitative estimate of drug-likeness (QED) is 0.802. The average Bonchev–Trinajstić information content (AvgIpc) is 3.05. The van der Waals surface area contributed by atoms with Gasteiger partial charge in [0.1, 0.15) is 5.65 Å². The molecule has 0 aromatic carbocycles. The minimum atomic E-state index is 0.0800. The van der Waals surface area contributed by atoms with Crippen LogP contribution in [0.3, 0.4) is 0 Å². The Morgan fingerprint density at radius 3 is 2.88 bits per heavy atom. The molecule has 1 aliphatic rings. The van der Waals surface area contributed by atoms with E-state index in [4.69, 9.17) is 0 Å². The average molecular weight is 343 g/mol. The van der Waals surface area contributed by atoms with E-state index in [1.807, 2.05) is 6.92 Å². The Kier molecular flexibility index (Phi) is 2.72. The Balaban J connectivity index is 2.20. The maximum atomic E-state index is 12.2. The van der Waals surface area contributed by atoms with Crippen molar-refractivity contribution < 1.29 is 0 Å². The molecule has 0 aliphatic heterocycles. The van der Waals surface area contributed by atoms with Crippen molar-refractivity contribution in [2.45, 2.75) is 32.9 Å². The van der Waals surface area contributed by atoms with Gasteiger partial charge < -0.3 is 4.57 Å². The molecule has 0 bridgehead atoms. The van der Waals surface area contributed by atoms with Crippen LogP contribution in [-0.2, 0) is 13.1 Å². The van der Waals surface area contributed by atoms with Gasteiger partial charge in [-0.05, 0) is 48.3 Å². The number of aryl methyl sites for hydroxylation is 1. The molecule has 90 valence electrons. The highest BCUT2D eigenvalue weighted by Gasteiger charge is 2.23. The Hall–Kier alpha value is -0.850. The molecule has 0 N–H and O–H groups in total. The van der Waals surface area contributed by atoms with Gasteiger partial charge in [-0.1, -0.05) is 0 Å². The fourth-order valence-corrected chi connectivity index (χ4v) is 2.92. The maximum Gasteiger partial charge on any atom is 0.263 e. The van der Waals surface area contributed by atoms with Gasteiger partial charge in [-0.2, -0.15) is 0 Å². The van der Waals surface area contributed by atoms with Crippen molar-refractivity contribution >= 4 is 33.6 Å². The summed E-state index contributed by atoms with van der Waals surface area (Å²) in [4.78, 5) is 16.6. The molecular weight excluding hydrogens is 329 g/mol. The molecule has 0 saturated heterocycles. The Labute approximate surface area is 113 Å². The third kappa shape index (κ3) is 1.90. The lowest BCUT2D eigenvalue weighted by atomic mass is 10.4. The number of rotatable bonds is 3. The van der Waals surface area contributed by atoms with Crippen molar-refractivity contribution in [1.29, 1.82) is 0 Å². The van der Waals surface area contributed by atoms with Gasteiger partial charge in [0.15, 0.2) is 0 Å². The topological polar surface area (TPSA) is 39.8 Å². The molecular formula is C12H14IN3O. The summed E-state index contributed by atoms with van der Waals surface area (Å²) in [5.41, 5.74) is 0.924. The number of nitrogens with zero attached hydrogens (tertiary/aromatic N) is 3. The molecule has 1 aliphatic carbocycles. The molecule has 0 spiro atoms. The third-order valence-electron chi connectivity index (χ3n) is 3.29. The monoisotopic (exact) mass is 343 g/mol. The summed E-state index contributed by atoms with van der Waals surface area (Å²) in [6, 6.07) is 0. The fraction of sp³-hybridized carbons (Fsp3) is 0.500. The number of hydrogen-bond donors (Lipinski definition) is 0. The zero-order valence-corrected chi connectivity index (χ0v) is 11.8. The molecule has 2 aromatic rings. The zero-order chi connectivity index (χ0) is 12.0. The normalized spacial score (nSPS) is 15.6. The van der Waals surface area contributed by atoms with Gasteiger partial charge in [-0.15, -0.1) is 0 Å². The van der Waals surface area contributed by atoms with Crippen LogP contribution in [0.2, 0.25) is 0 Å². The van der Waals surface area contributed by atoms with E-state index in [1.165, 1.54) is 12.8 Å². The second-order valence-electron chi connectivity index (χ2n) is 4.61. The van der Waals surface area contributed by atoms with E-state index in [0.29, 0.717) is 6.54 Å². The predicted octanol–water partition coefficient (Wildman–Crippen LogP) is 2.23. The van der Waals surface area contributed by atoms with Crippen molar-refractivity contribution in [1.82, 2.24) is 14.1 Å². The number of halogens is 1. The van der Waals surface area contributed by atoms with Gasteiger partial charge in [0, 0.05) is 22.9 Å². The van der Waals surface area contributed by atoms with Crippen molar-refractivity contribution in [3.63, 3.8) is 0 Å². The fourth-order valence-electron chi connectivity index (χ4n) is 2.11. The summed E-state index contributed by atoms with van der Waals surface area (Å²) in [7, 11) is 0. The van der Waals surface area contributed by atoms with Crippen LogP contribution in [0.25, 0.3) is 11.0 Å². The SMILES string of the molecule is CCn1cnc2c(c(I)cn2CC2CC2)c1=O. The summed E-state index contributed by atoms with van der Waals surface area (Å²) < 4.78 is 4.81. The molecule has 1 saturated carbocycles. The molecule has 0 unspecified atom stereocenters. The molecule has 4 nitrogen and oxygen atoms in total. The van der Waals surface area contributed by atoms with E-state index in [1.54, 1.807) is 10.9 Å². The highest BCUT2D eigenvalue weighted by Crippen LogP contribution is 2.32. The summed E-state index contributed by atoms with van der Waals surface area (Å²) in [6.45, 7) is 3.64. The lowest BCUT2D eigenvalue weighted by Gasteiger charge is -2.04. The van der Waals surface area contributed by atoms with E-state index in [-0.39, 0.29) is 5.56 Å². The second kappa shape index (κ2) is 4.12. The van der Waals surface area contributed by atoms with Crippen molar-refractivity contribution in [2.24, 2.45) is 5.92 Å². The molecule has 0 radical (unpaired) electrons.